The van der Waals surface area contributed by atoms with Crippen LogP contribution in [0.15, 0.2) is 23.1 Å². The van der Waals surface area contributed by atoms with Crippen molar-refractivity contribution in [3.05, 3.63) is 39.9 Å². The summed E-state index contributed by atoms with van der Waals surface area (Å²) in [7, 11) is -0.695. The van der Waals surface area contributed by atoms with E-state index in [1.54, 1.807) is 17.6 Å². The Morgan fingerprint density at radius 3 is 2.53 bits per heavy atom. The number of pyridine rings is 1. The lowest BCUT2D eigenvalue weighted by molar-refractivity contribution is 0.0521. The molecule has 6 nitrogen and oxygen atoms in total. The van der Waals surface area contributed by atoms with Crippen molar-refractivity contribution in [3.8, 4) is 0 Å². The van der Waals surface area contributed by atoms with E-state index in [9.17, 15) is 14.0 Å². The molecule has 0 radical (unpaired) electrons. The summed E-state index contributed by atoms with van der Waals surface area (Å²) in [6.07, 6.45) is 10.2. The average Bonchev–Trinajstić information content (AvgIpc) is 3.20. The Labute approximate surface area is 178 Å². The van der Waals surface area contributed by atoms with Gasteiger partial charge in [0.2, 0.25) is 5.43 Å². The van der Waals surface area contributed by atoms with Crippen molar-refractivity contribution >= 4 is 32.6 Å². The summed E-state index contributed by atoms with van der Waals surface area (Å²) in [6, 6.07) is 2.94. The summed E-state index contributed by atoms with van der Waals surface area (Å²) in [4.78, 5) is 27.2. The van der Waals surface area contributed by atoms with Crippen molar-refractivity contribution in [1.29, 1.82) is 0 Å². The first-order valence-electron chi connectivity index (χ1n) is 10.2. The van der Waals surface area contributed by atoms with E-state index in [0.29, 0.717) is 17.8 Å². The number of fused-ring (bicyclic) bond motifs is 1. The molecule has 3 rings (SSSR count). The SMILES string of the molecule is CCOC(=O)c1cn(COCCS(C)(C)C)c2cc(N3CCCC3)c(F)cc2c1=O. The minimum Gasteiger partial charge on any atom is -0.462 e. The van der Waals surface area contributed by atoms with Crippen molar-refractivity contribution in [2.75, 3.05) is 55.7 Å². The fourth-order valence-electron chi connectivity index (χ4n) is 3.53. The zero-order chi connectivity index (χ0) is 21.9. The Morgan fingerprint density at radius 1 is 1.20 bits per heavy atom. The number of aromatic nitrogens is 1. The van der Waals surface area contributed by atoms with Gasteiger partial charge in [-0.25, -0.2) is 19.2 Å². The molecule has 0 aliphatic carbocycles. The Morgan fingerprint density at radius 2 is 1.90 bits per heavy atom. The van der Waals surface area contributed by atoms with Crippen LogP contribution >= 0.6 is 10.0 Å². The number of nitrogens with zero attached hydrogens (tertiary/aromatic N) is 2. The molecular weight excluding hydrogens is 407 g/mol. The number of rotatable bonds is 8. The van der Waals surface area contributed by atoms with Crippen LogP contribution in [0.25, 0.3) is 10.9 Å². The number of hydrogen-bond donors (Lipinski definition) is 0. The van der Waals surface area contributed by atoms with Crippen molar-refractivity contribution in [3.63, 3.8) is 0 Å². The van der Waals surface area contributed by atoms with E-state index in [0.717, 1.165) is 31.7 Å². The van der Waals surface area contributed by atoms with Gasteiger partial charge in [0.25, 0.3) is 0 Å². The largest absolute Gasteiger partial charge is 0.462 e. The highest BCUT2D eigenvalue weighted by atomic mass is 32.3. The average molecular weight is 439 g/mol. The van der Waals surface area contributed by atoms with Crippen LogP contribution in [0.5, 0.6) is 0 Å². The molecule has 0 atom stereocenters. The number of esters is 1. The first-order valence-corrected chi connectivity index (χ1v) is 13.3. The van der Waals surface area contributed by atoms with Gasteiger partial charge in [-0.3, -0.25) is 4.79 Å². The highest BCUT2D eigenvalue weighted by Crippen LogP contribution is 2.33. The summed E-state index contributed by atoms with van der Waals surface area (Å²) in [5.41, 5.74) is 0.407. The number of carbonyl (C=O) groups is 1. The molecule has 0 spiro atoms. The quantitative estimate of drug-likeness (QED) is 0.466. The summed E-state index contributed by atoms with van der Waals surface area (Å²) in [5.74, 6) is -0.212. The minimum atomic E-state index is -0.707. The van der Waals surface area contributed by atoms with Gasteiger partial charge in [0, 0.05) is 30.4 Å². The molecule has 0 N–H and O–H groups in total. The van der Waals surface area contributed by atoms with E-state index in [1.807, 2.05) is 4.90 Å². The van der Waals surface area contributed by atoms with Gasteiger partial charge in [-0.05, 0) is 50.7 Å². The van der Waals surface area contributed by atoms with E-state index in [2.05, 4.69) is 18.8 Å². The Bertz CT molecular complexity index is 978. The second-order valence-corrected chi connectivity index (χ2v) is 13.0. The molecule has 30 heavy (non-hydrogen) atoms. The maximum Gasteiger partial charge on any atom is 0.343 e. The van der Waals surface area contributed by atoms with E-state index in [-0.39, 0.29) is 24.3 Å². The summed E-state index contributed by atoms with van der Waals surface area (Å²) >= 11 is 0. The maximum absolute atomic E-state index is 14.9. The van der Waals surface area contributed by atoms with E-state index < -0.39 is 27.2 Å². The molecule has 8 heteroatoms. The lowest BCUT2D eigenvalue weighted by atomic mass is 10.1. The monoisotopic (exact) mass is 438 g/mol. The van der Waals surface area contributed by atoms with Gasteiger partial charge in [-0.15, -0.1) is 0 Å². The van der Waals surface area contributed by atoms with Gasteiger partial charge >= 0.3 is 5.97 Å². The third-order valence-electron chi connectivity index (χ3n) is 5.16. The van der Waals surface area contributed by atoms with Gasteiger partial charge in [0.05, 0.1) is 24.4 Å². The predicted octanol–water partition coefficient (Wildman–Crippen LogP) is 3.59. The van der Waals surface area contributed by atoms with Crippen molar-refractivity contribution in [1.82, 2.24) is 4.57 Å². The molecule has 1 aromatic carbocycles. The number of ether oxygens (including phenoxy) is 2. The predicted molar refractivity (Wildman–Crippen MR) is 122 cm³/mol. The molecule has 0 bridgehead atoms. The van der Waals surface area contributed by atoms with E-state index >= 15 is 0 Å². The molecule has 0 amide bonds. The molecular formula is C22H31FN2O4S. The first kappa shape index (κ1) is 22.6. The topological polar surface area (TPSA) is 60.8 Å². The van der Waals surface area contributed by atoms with E-state index in [1.165, 1.54) is 12.3 Å². The number of hydrogen-bond acceptors (Lipinski definition) is 5. The molecule has 2 aromatic rings. The summed E-state index contributed by atoms with van der Waals surface area (Å²) in [6.45, 7) is 4.16. The molecule has 0 unspecified atom stereocenters. The van der Waals surface area contributed by atoms with Crippen LogP contribution in [-0.2, 0) is 16.2 Å². The Balaban J connectivity index is 2.04. The molecule has 166 valence electrons. The minimum absolute atomic E-state index is 0.109. The lowest BCUT2D eigenvalue weighted by Gasteiger charge is -2.25. The molecule has 0 saturated carbocycles. The lowest BCUT2D eigenvalue weighted by Crippen LogP contribution is -2.23. The number of halogens is 1. The van der Waals surface area contributed by atoms with Crippen LogP contribution < -0.4 is 10.3 Å². The van der Waals surface area contributed by atoms with Crippen LogP contribution in [0.1, 0.15) is 30.1 Å². The second kappa shape index (κ2) is 9.39. The van der Waals surface area contributed by atoms with Crippen molar-refractivity contribution in [2.45, 2.75) is 26.5 Å². The van der Waals surface area contributed by atoms with Crippen LogP contribution in [0.4, 0.5) is 10.1 Å². The van der Waals surface area contributed by atoms with E-state index in [4.69, 9.17) is 9.47 Å². The van der Waals surface area contributed by atoms with Crippen LogP contribution in [0.2, 0.25) is 0 Å². The Kier molecular flexibility index (Phi) is 7.08. The Hall–Kier alpha value is -2.06. The van der Waals surface area contributed by atoms with Crippen molar-refractivity contribution < 1.29 is 18.7 Å². The standard InChI is InChI=1S/C22H31FN2O4S/c1-5-29-22(27)17-14-25(15-28-10-11-30(2,3)4)19-13-20(24-8-6-7-9-24)18(23)12-16(19)21(17)26/h12-14H,5-11,15H2,1-4H3. The number of anilines is 1. The molecule has 1 saturated heterocycles. The third kappa shape index (κ3) is 5.16. The van der Waals surface area contributed by atoms with Crippen LogP contribution in [-0.4, -0.2) is 61.4 Å². The summed E-state index contributed by atoms with van der Waals surface area (Å²) < 4.78 is 27.5. The highest BCUT2D eigenvalue weighted by molar-refractivity contribution is 8.32. The molecule has 1 fully saturated rings. The van der Waals surface area contributed by atoms with Crippen molar-refractivity contribution in [2.24, 2.45) is 0 Å². The highest BCUT2D eigenvalue weighted by Gasteiger charge is 2.22. The third-order valence-corrected chi connectivity index (χ3v) is 6.55. The smallest absolute Gasteiger partial charge is 0.343 e. The molecule has 1 aliphatic heterocycles. The summed E-state index contributed by atoms with van der Waals surface area (Å²) in [5, 5.41) is 0.158. The molecule has 1 aromatic heterocycles. The molecule has 2 heterocycles. The zero-order valence-electron chi connectivity index (χ0n) is 18.2. The molecule has 1 aliphatic rings. The van der Waals surface area contributed by atoms with Gasteiger partial charge < -0.3 is 18.9 Å². The fourth-order valence-corrected chi connectivity index (χ4v) is 4.15. The van der Waals surface area contributed by atoms with Crippen LogP contribution in [0, 0.1) is 5.82 Å². The first-order chi connectivity index (χ1) is 14.2. The second-order valence-electron chi connectivity index (χ2n) is 8.41. The maximum atomic E-state index is 14.9. The van der Waals surface area contributed by atoms with Gasteiger partial charge in [-0.1, -0.05) is 0 Å². The normalized spacial score (nSPS) is 15.0. The van der Waals surface area contributed by atoms with Gasteiger partial charge in [-0.2, -0.15) is 0 Å². The van der Waals surface area contributed by atoms with Crippen LogP contribution in [0.3, 0.4) is 0 Å². The zero-order valence-corrected chi connectivity index (χ0v) is 19.0. The number of benzene rings is 1. The van der Waals surface area contributed by atoms with Gasteiger partial charge in [0.1, 0.15) is 18.1 Å². The number of carbonyl (C=O) groups excluding carboxylic acids is 1. The fraction of sp³-hybridized carbons (Fsp3) is 0.545. The van der Waals surface area contributed by atoms with Gasteiger partial charge in [0.15, 0.2) is 0 Å².